The van der Waals surface area contributed by atoms with E-state index in [4.69, 9.17) is 0 Å². The van der Waals surface area contributed by atoms with E-state index >= 15 is 0 Å². The van der Waals surface area contributed by atoms with Crippen molar-refractivity contribution in [3.05, 3.63) is 69.8 Å². The van der Waals surface area contributed by atoms with Crippen LogP contribution in [-0.2, 0) is 16.0 Å². The first kappa shape index (κ1) is 16.6. The van der Waals surface area contributed by atoms with E-state index in [-0.39, 0.29) is 24.4 Å². The number of amides is 2. The summed E-state index contributed by atoms with van der Waals surface area (Å²) in [6.07, 6.45) is 0.537. The molecular formula is C21H18BrN3O2. The Hall–Kier alpha value is -2.60. The third kappa shape index (κ3) is 2.36. The van der Waals surface area contributed by atoms with Crippen LogP contribution in [0.5, 0.6) is 0 Å². The molecule has 2 aliphatic rings. The van der Waals surface area contributed by atoms with Crippen LogP contribution in [0.25, 0.3) is 10.9 Å². The van der Waals surface area contributed by atoms with E-state index in [1.54, 1.807) is 16.8 Å². The zero-order chi connectivity index (χ0) is 18.7. The molecule has 1 aromatic heterocycles. The van der Waals surface area contributed by atoms with Crippen LogP contribution in [0.15, 0.2) is 53.0 Å². The third-order valence-corrected chi connectivity index (χ3v) is 6.38. The van der Waals surface area contributed by atoms with Crippen LogP contribution in [0.3, 0.4) is 0 Å². The summed E-state index contributed by atoms with van der Waals surface area (Å²) in [5, 5.41) is 1.12. The zero-order valence-corrected chi connectivity index (χ0v) is 16.4. The molecule has 3 aromatic rings. The second kappa shape index (κ2) is 5.96. The number of benzene rings is 2. The first-order valence-corrected chi connectivity index (χ1v) is 9.75. The van der Waals surface area contributed by atoms with Gasteiger partial charge in [0, 0.05) is 34.5 Å². The molecule has 136 valence electrons. The van der Waals surface area contributed by atoms with Gasteiger partial charge in [0.2, 0.25) is 11.8 Å². The number of aromatic nitrogens is 1. The largest absolute Gasteiger partial charge is 0.356 e. The Morgan fingerprint density at radius 3 is 2.63 bits per heavy atom. The average molecular weight is 424 g/mol. The van der Waals surface area contributed by atoms with Gasteiger partial charge in [-0.2, -0.15) is 0 Å². The third-order valence-electron chi connectivity index (χ3n) is 5.65. The van der Waals surface area contributed by atoms with Crippen molar-refractivity contribution in [1.82, 2.24) is 14.8 Å². The molecule has 3 heterocycles. The normalized spacial score (nSPS) is 22.1. The SMILES string of the molecule is CN1CC(=O)N2[C@H](c3ccccc3Br)c3[nH]c4ccccc4c3C[C@H]2C1=O. The van der Waals surface area contributed by atoms with Gasteiger partial charge in [0.05, 0.1) is 12.6 Å². The standard InChI is InChI=1S/C21H18BrN3O2/c1-24-11-18(26)25-17(21(24)27)10-14-12-6-3-5-9-16(12)23-19(14)20(25)13-7-2-4-8-15(13)22/h2-9,17,20,23H,10-11H2,1H3/t17-,20+/m0/s1. The van der Waals surface area contributed by atoms with Gasteiger partial charge in [-0.25, -0.2) is 0 Å². The minimum atomic E-state index is -0.472. The van der Waals surface area contributed by atoms with Crippen molar-refractivity contribution in [2.24, 2.45) is 0 Å². The Morgan fingerprint density at radius 2 is 1.81 bits per heavy atom. The number of para-hydroxylation sites is 1. The van der Waals surface area contributed by atoms with Gasteiger partial charge >= 0.3 is 0 Å². The van der Waals surface area contributed by atoms with Gasteiger partial charge in [-0.3, -0.25) is 9.59 Å². The van der Waals surface area contributed by atoms with Crippen molar-refractivity contribution >= 4 is 38.6 Å². The lowest BCUT2D eigenvalue weighted by Gasteiger charge is -2.46. The number of nitrogens with one attached hydrogen (secondary N) is 1. The quantitative estimate of drug-likeness (QED) is 0.652. The second-order valence-electron chi connectivity index (χ2n) is 7.20. The zero-order valence-electron chi connectivity index (χ0n) is 14.8. The number of halogens is 1. The summed E-state index contributed by atoms with van der Waals surface area (Å²) >= 11 is 3.64. The number of rotatable bonds is 1. The summed E-state index contributed by atoms with van der Waals surface area (Å²) in [4.78, 5) is 32.8. The Kier molecular flexibility index (Phi) is 3.65. The van der Waals surface area contributed by atoms with Crippen LogP contribution >= 0.6 is 15.9 Å². The number of hydrogen-bond donors (Lipinski definition) is 1. The highest BCUT2D eigenvalue weighted by Gasteiger charge is 2.47. The fourth-order valence-corrected chi connectivity index (χ4v) is 4.93. The Balaban J connectivity index is 1.79. The molecule has 1 N–H and O–H groups in total. The van der Waals surface area contributed by atoms with Crippen molar-refractivity contribution in [2.75, 3.05) is 13.6 Å². The molecular weight excluding hydrogens is 406 g/mol. The molecule has 2 aromatic carbocycles. The van der Waals surface area contributed by atoms with Crippen molar-refractivity contribution in [3.8, 4) is 0 Å². The van der Waals surface area contributed by atoms with Crippen LogP contribution in [0.1, 0.15) is 22.9 Å². The van der Waals surface area contributed by atoms with Gasteiger partial charge in [0.15, 0.2) is 0 Å². The number of carbonyl (C=O) groups excluding carboxylic acids is 2. The van der Waals surface area contributed by atoms with Gasteiger partial charge in [0.25, 0.3) is 0 Å². The van der Waals surface area contributed by atoms with E-state index in [9.17, 15) is 9.59 Å². The lowest BCUT2D eigenvalue weighted by atomic mass is 9.86. The molecule has 0 saturated carbocycles. The summed E-state index contributed by atoms with van der Waals surface area (Å²) in [6, 6.07) is 15.3. The molecule has 0 bridgehead atoms. The minimum absolute atomic E-state index is 0.00239. The number of likely N-dealkylation sites (N-methyl/N-ethyl adjacent to an activating group) is 1. The number of nitrogens with zero attached hydrogens (tertiary/aromatic N) is 2. The molecule has 2 atom stereocenters. The fourth-order valence-electron chi connectivity index (χ4n) is 4.43. The molecule has 0 aliphatic carbocycles. The molecule has 0 radical (unpaired) electrons. The van der Waals surface area contributed by atoms with E-state index in [1.807, 2.05) is 42.5 Å². The van der Waals surface area contributed by atoms with Gasteiger partial charge in [-0.05, 0) is 23.3 Å². The monoisotopic (exact) mass is 423 g/mol. The molecule has 1 fully saturated rings. The number of hydrogen-bond acceptors (Lipinski definition) is 2. The summed E-state index contributed by atoms with van der Waals surface area (Å²) in [6.45, 7) is 0.117. The van der Waals surface area contributed by atoms with Gasteiger partial charge in [-0.15, -0.1) is 0 Å². The molecule has 0 spiro atoms. The van der Waals surface area contributed by atoms with Crippen molar-refractivity contribution in [3.63, 3.8) is 0 Å². The van der Waals surface area contributed by atoms with Crippen molar-refractivity contribution in [1.29, 1.82) is 0 Å². The van der Waals surface area contributed by atoms with Crippen LogP contribution in [-0.4, -0.2) is 46.2 Å². The van der Waals surface area contributed by atoms with E-state index in [1.165, 1.54) is 0 Å². The van der Waals surface area contributed by atoms with Gasteiger partial charge in [0.1, 0.15) is 6.04 Å². The predicted octanol–water partition coefficient (Wildman–Crippen LogP) is 3.25. The number of H-pyrrole nitrogens is 1. The number of piperazine rings is 1. The number of fused-ring (bicyclic) bond motifs is 4. The smallest absolute Gasteiger partial charge is 0.245 e. The molecule has 2 amide bonds. The maximum atomic E-state index is 13.0. The second-order valence-corrected chi connectivity index (χ2v) is 8.06. The maximum absolute atomic E-state index is 13.0. The summed E-state index contributed by atoms with van der Waals surface area (Å²) < 4.78 is 0.930. The van der Waals surface area contributed by atoms with Gasteiger partial charge in [-0.1, -0.05) is 52.3 Å². The van der Waals surface area contributed by atoms with E-state index in [0.29, 0.717) is 6.42 Å². The van der Waals surface area contributed by atoms with Crippen molar-refractivity contribution < 1.29 is 9.59 Å². The van der Waals surface area contributed by atoms with Crippen molar-refractivity contribution in [2.45, 2.75) is 18.5 Å². The van der Waals surface area contributed by atoms with E-state index in [0.717, 1.165) is 32.2 Å². The molecule has 1 saturated heterocycles. The molecule has 5 nitrogen and oxygen atoms in total. The number of aromatic amines is 1. The lowest BCUT2D eigenvalue weighted by molar-refractivity contribution is -0.157. The Labute approximate surface area is 165 Å². The highest BCUT2D eigenvalue weighted by molar-refractivity contribution is 9.10. The average Bonchev–Trinajstić information content (AvgIpc) is 3.04. The van der Waals surface area contributed by atoms with Crippen LogP contribution in [0.2, 0.25) is 0 Å². The molecule has 0 unspecified atom stereocenters. The Bertz CT molecular complexity index is 1090. The minimum Gasteiger partial charge on any atom is -0.356 e. The number of carbonyl (C=O) groups is 2. The molecule has 5 rings (SSSR count). The van der Waals surface area contributed by atoms with E-state index < -0.39 is 6.04 Å². The maximum Gasteiger partial charge on any atom is 0.245 e. The fraction of sp³-hybridized carbons (Fsp3) is 0.238. The lowest BCUT2D eigenvalue weighted by Crippen LogP contribution is -2.62. The van der Waals surface area contributed by atoms with Crippen LogP contribution in [0, 0.1) is 0 Å². The van der Waals surface area contributed by atoms with Gasteiger partial charge < -0.3 is 14.8 Å². The molecule has 27 heavy (non-hydrogen) atoms. The highest BCUT2D eigenvalue weighted by Crippen LogP contribution is 2.43. The summed E-state index contributed by atoms with van der Waals surface area (Å²) in [5.74, 6) is -0.0188. The predicted molar refractivity (Wildman–Crippen MR) is 106 cm³/mol. The summed E-state index contributed by atoms with van der Waals surface area (Å²) in [7, 11) is 1.70. The molecule has 2 aliphatic heterocycles. The van der Waals surface area contributed by atoms with Crippen LogP contribution < -0.4 is 0 Å². The van der Waals surface area contributed by atoms with E-state index in [2.05, 4.69) is 27.0 Å². The summed E-state index contributed by atoms with van der Waals surface area (Å²) in [5.41, 5.74) is 4.16. The first-order valence-electron chi connectivity index (χ1n) is 8.96. The Morgan fingerprint density at radius 1 is 1.07 bits per heavy atom. The molecule has 6 heteroatoms. The first-order chi connectivity index (χ1) is 13.1. The highest BCUT2D eigenvalue weighted by atomic mass is 79.9. The van der Waals surface area contributed by atoms with Crippen LogP contribution in [0.4, 0.5) is 0 Å². The topological polar surface area (TPSA) is 56.4 Å².